The minimum atomic E-state index is -1.87. The van der Waals surface area contributed by atoms with E-state index in [2.05, 4.69) is 105 Å². The largest absolute Gasteiger partial charge is 0.167 e. The molecule has 0 bridgehead atoms. The average molecular weight is 425 g/mol. The molecular weight excluding hydrogens is 388 g/mol. The topological polar surface area (TPSA) is 0 Å². The van der Waals surface area contributed by atoms with Crippen molar-refractivity contribution in [3.8, 4) is 11.1 Å². The Hall–Kier alpha value is -1.31. The first-order valence-corrected chi connectivity index (χ1v) is 14.9. The Morgan fingerprint density at radius 2 is 1.34 bits per heavy atom. The van der Waals surface area contributed by atoms with Gasteiger partial charge in [-0.25, -0.2) is 0 Å². The van der Waals surface area contributed by atoms with Crippen molar-refractivity contribution in [2.24, 2.45) is 0 Å². The molecule has 0 fully saturated rings. The Morgan fingerprint density at radius 3 is 1.79 bits per heavy atom. The van der Waals surface area contributed by atoms with Crippen LogP contribution in [0.5, 0.6) is 0 Å². The van der Waals surface area contributed by atoms with E-state index in [9.17, 15) is 0 Å². The first-order chi connectivity index (χ1) is 13.1. The summed E-state index contributed by atoms with van der Waals surface area (Å²) >= 11 is 7.00. The predicted octanol–water partition coefficient (Wildman–Crippen LogP) is 8.74. The Kier molecular flexibility index (Phi) is 5.50. The number of rotatable bonds is 2. The molecule has 0 amide bonds. The Bertz CT molecular complexity index is 943. The van der Waals surface area contributed by atoms with Crippen molar-refractivity contribution in [1.29, 1.82) is 0 Å². The van der Waals surface area contributed by atoms with Gasteiger partial charge in [0.05, 0.1) is 0 Å². The van der Waals surface area contributed by atoms with Crippen molar-refractivity contribution in [2.45, 2.75) is 84.9 Å². The maximum Gasteiger partial charge on any atom is 0.161 e. The number of hydrogen-bond acceptors (Lipinski definition) is 0. The van der Waals surface area contributed by atoms with Gasteiger partial charge in [-0.1, -0.05) is 96.6 Å². The zero-order chi connectivity index (χ0) is 21.9. The normalized spacial score (nSPS) is 17.3. The molecule has 0 spiro atoms. The molecule has 2 heteroatoms. The third kappa shape index (κ3) is 4.27. The molecule has 0 unspecified atom stereocenters. The zero-order valence-corrected chi connectivity index (χ0v) is 21.7. The minimum absolute atomic E-state index is 0.114. The summed E-state index contributed by atoms with van der Waals surface area (Å²) in [4.78, 5) is 0. The molecule has 0 nitrogen and oxygen atoms in total. The van der Waals surface area contributed by atoms with E-state index < -0.39 is 7.38 Å². The first kappa shape index (κ1) is 22.4. The first-order valence-electron chi connectivity index (χ1n) is 10.8. The molecule has 0 N–H and O–H groups in total. The molecule has 0 heterocycles. The Morgan fingerprint density at radius 1 is 0.828 bits per heavy atom. The molecule has 2 aromatic carbocycles. The van der Waals surface area contributed by atoms with Gasteiger partial charge in [0.25, 0.3) is 0 Å². The fourth-order valence-electron chi connectivity index (χ4n) is 4.61. The lowest BCUT2D eigenvalue weighted by Crippen LogP contribution is -2.28. The van der Waals surface area contributed by atoms with Gasteiger partial charge in [-0.15, -0.1) is 0 Å². The van der Waals surface area contributed by atoms with Crippen molar-refractivity contribution in [3.05, 3.63) is 63.7 Å². The van der Waals surface area contributed by atoms with E-state index in [1.54, 1.807) is 0 Å². The van der Waals surface area contributed by atoms with E-state index in [4.69, 9.17) is 11.1 Å². The molecule has 0 aromatic heterocycles. The second-order valence-electron chi connectivity index (χ2n) is 11.4. The SMILES string of the molecule is CC1=Cc2c(-c3cc(C(C)(C)C)cc(C(C)(C)C)c3)ccc(C)c2[C@@H]1[Si](C)(C)Cl. The second-order valence-corrected chi connectivity index (χ2v) is 18.1. The van der Waals surface area contributed by atoms with Gasteiger partial charge >= 0.3 is 0 Å². The monoisotopic (exact) mass is 424 g/mol. The highest BCUT2D eigenvalue weighted by Gasteiger charge is 2.38. The summed E-state index contributed by atoms with van der Waals surface area (Å²) in [5, 5.41) is 0. The number of aryl methyl sites for hydroxylation is 1. The molecular formula is C27H37ClSi. The van der Waals surface area contributed by atoms with Gasteiger partial charge < -0.3 is 0 Å². The van der Waals surface area contributed by atoms with Gasteiger partial charge in [0.1, 0.15) is 0 Å². The van der Waals surface area contributed by atoms with Crippen molar-refractivity contribution >= 4 is 24.5 Å². The van der Waals surface area contributed by atoms with Crippen LogP contribution in [0.1, 0.15) is 81.8 Å². The summed E-state index contributed by atoms with van der Waals surface area (Å²) in [7, 11) is -1.87. The number of fused-ring (bicyclic) bond motifs is 1. The van der Waals surface area contributed by atoms with Crippen LogP contribution in [0.2, 0.25) is 13.1 Å². The van der Waals surface area contributed by atoms with Gasteiger partial charge in [-0.3, -0.25) is 0 Å². The summed E-state index contributed by atoms with van der Waals surface area (Å²) in [6.45, 7) is 22.9. The molecule has 0 aliphatic heterocycles. The zero-order valence-electron chi connectivity index (χ0n) is 19.9. The van der Waals surface area contributed by atoms with Crippen molar-refractivity contribution < 1.29 is 0 Å². The van der Waals surface area contributed by atoms with Crippen molar-refractivity contribution in [2.75, 3.05) is 0 Å². The van der Waals surface area contributed by atoms with E-state index in [-0.39, 0.29) is 10.8 Å². The Balaban J connectivity index is 2.31. The maximum absolute atomic E-state index is 7.00. The van der Waals surface area contributed by atoms with E-state index in [1.165, 1.54) is 44.5 Å². The molecule has 1 aliphatic carbocycles. The number of allylic oxidation sites excluding steroid dienone is 1. The van der Waals surface area contributed by atoms with Crippen LogP contribution in [0.3, 0.4) is 0 Å². The van der Waals surface area contributed by atoms with Crippen LogP contribution in [0.15, 0.2) is 35.9 Å². The summed E-state index contributed by atoms with van der Waals surface area (Å²) in [6, 6.07) is 11.8. The number of halogens is 1. The van der Waals surface area contributed by atoms with Crippen molar-refractivity contribution in [3.63, 3.8) is 0 Å². The third-order valence-corrected chi connectivity index (χ3v) is 9.06. The molecule has 29 heavy (non-hydrogen) atoms. The van der Waals surface area contributed by atoms with Gasteiger partial charge in [0.2, 0.25) is 0 Å². The third-order valence-electron chi connectivity index (χ3n) is 6.28. The lowest BCUT2D eigenvalue weighted by Gasteiger charge is -2.28. The summed E-state index contributed by atoms with van der Waals surface area (Å²) < 4.78 is 0. The number of hydrogen-bond donors (Lipinski definition) is 0. The van der Waals surface area contributed by atoms with Crippen molar-refractivity contribution in [1.82, 2.24) is 0 Å². The average Bonchev–Trinajstić information content (AvgIpc) is 2.91. The Labute approximate surface area is 184 Å². The van der Waals surface area contributed by atoms with Crippen LogP contribution in [0, 0.1) is 6.92 Å². The molecule has 1 aliphatic rings. The van der Waals surface area contributed by atoms with Crippen LogP contribution in [-0.4, -0.2) is 7.38 Å². The van der Waals surface area contributed by atoms with Gasteiger partial charge in [0.15, 0.2) is 7.38 Å². The lowest BCUT2D eigenvalue weighted by atomic mass is 9.78. The molecule has 156 valence electrons. The molecule has 0 radical (unpaired) electrons. The van der Waals surface area contributed by atoms with E-state index in [0.717, 1.165) is 0 Å². The minimum Gasteiger partial charge on any atom is -0.167 e. The van der Waals surface area contributed by atoms with E-state index >= 15 is 0 Å². The van der Waals surface area contributed by atoms with Crippen LogP contribution in [-0.2, 0) is 10.8 Å². The van der Waals surface area contributed by atoms with E-state index in [1.807, 2.05) is 0 Å². The highest BCUT2D eigenvalue weighted by molar-refractivity contribution is 7.20. The molecule has 3 rings (SSSR count). The van der Waals surface area contributed by atoms with Crippen LogP contribution in [0.25, 0.3) is 17.2 Å². The van der Waals surface area contributed by atoms with Gasteiger partial charge in [-0.2, -0.15) is 11.1 Å². The fraction of sp³-hybridized carbons (Fsp3) is 0.481. The summed E-state index contributed by atoms with van der Waals surface area (Å²) in [5.74, 6) is 0. The van der Waals surface area contributed by atoms with Crippen LogP contribution >= 0.6 is 11.1 Å². The van der Waals surface area contributed by atoms with E-state index in [0.29, 0.717) is 5.54 Å². The lowest BCUT2D eigenvalue weighted by molar-refractivity contribution is 0.569. The fourth-order valence-corrected chi connectivity index (χ4v) is 7.69. The smallest absolute Gasteiger partial charge is 0.161 e. The summed E-state index contributed by atoms with van der Waals surface area (Å²) in [6.07, 6.45) is 2.40. The second kappa shape index (κ2) is 7.13. The molecule has 0 saturated heterocycles. The predicted molar refractivity (Wildman–Crippen MR) is 134 cm³/mol. The molecule has 0 saturated carbocycles. The van der Waals surface area contributed by atoms with Crippen LogP contribution in [0.4, 0.5) is 0 Å². The highest BCUT2D eigenvalue weighted by atomic mass is 35.6. The van der Waals surface area contributed by atoms with Crippen LogP contribution < -0.4 is 0 Å². The van der Waals surface area contributed by atoms with Gasteiger partial charge in [0, 0.05) is 5.54 Å². The molecule has 1 atom stereocenters. The highest BCUT2D eigenvalue weighted by Crippen LogP contribution is 2.48. The number of benzene rings is 2. The summed E-state index contributed by atoms with van der Waals surface area (Å²) in [5.41, 5.74) is 11.7. The molecule has 2 aromatic rings. The quantitative estimate of drug-likeness (QED) is 0.333. The van der Waals surface area contributed by atoms with Gasteiger partial charge in [-0.05, 0) is 63.6 Å². The standard InChI is InChI=1S/C27H37ClSi/c1-17-11-12-22(23-13-18(2)25(24(17)23)29(9,10)28)19-14-20(26(3,4)5)16-21(15-19)27(6,7)8/h11-16,25H,1-10H3/t25-/m1/s1. The maximum atomic E-state index is 7.00.